The molecule has 20 heavy (non-hydrogen) atoms. The number of carbonyl (C=O) groups is 2. The standard InChI is InChI=1S/C14H17BrN2O3/c1-9-7-10(15)14-11(8-9)16(2)12(18)3-5-17(14)6-4-13(19)20/h7-8H,3-6H2,1-2H3,(H,19,20). The van der Waals surface area contributed by atoms with Crippen molar-refractivity contribution >= 4 is 39.2 Å². The summed E-state index contributed by atoms with van der Waals surface area (Å²) in [5.74, 6) is -0.791. The van der Waals surface area contributed by atoms with Crippen LogP contribution in [0.15, 0.2) is 16.6 Å². The Hall–Kier alpha value is -1.56. The number of halogens is 1. The molecule has 0 saturated heterocycles. The first kappa shape index (κ1) is 14.8. The van der Waals surface area contributed by atoms with Crippen molar-refractivity contribution in [2.75, 3.05) is 29.9 Å². The van der Waals surface area contributed by atoms with Crippen molar-refractivity contribution in [1.29, 1.82) is 0 Å². The number of carbonyl (C=O) groups excluding carboxylic acids is 1. The summed E-state index contributed by atoms with van der Waals surface area (Å²) in [5, 5.41) is 8.86. The maximum atomic E-state index is 12.1. The summed E-state index contributed by atoms with van der Waals surface area (Å²) in [6.45, 7) is 2.89. The van der Waals surface area contributed by atoms with E-state index in [1.54, 1.807) is 11.9 Å². The fourth-order valence-electron chi connectivity index (χ4n) is 2.38. The van der Waals surface area contributed by atoms with Crippen LogP contribution in [0.2, 0.25) is 0 Å². The number of anilines is 2. The smallest absolute Gasteiger partial charge is 0.305 e. The summed E-state index contributed by atoms with van der Waals surface area (Å²) in [6.07, 6.45) is 0.438. The van der Waals surface area contributed by atoms with E-state index >= 15 is 0 Å². The summed E-state index contributed by atoms with van der Waals surface area (Å²) < 4.78 is 0.888. The molecule has 1 aliphatic heterocycles. The van der Waals surface area contributed by atoms with Gasteiger partial charge in [-0.2, -0.15) is 0 Å². The van der Waals surface area contributed by atoms with Gasteiger partial charge < -0.3 is 14.9 Å². The van der Waals surface area contributed by atoms with E-state index in [9.17, 15) is 9.59 Å². The zero-order valence-corrected chi connectivity index (χ0v) is 13.1. The number of amides is 1. The Morgan fingerprint density at radius 2 is 2.15 bits per heavy atom. The van der Waals surface area contributed by atoms with E-state index in [1.807, 2.05) is 24.0 Å². The Labute approximate surface area is 126 Å². The van der Waals surface area contributed by atoms with Crippen molar-refractivity contribution in [2.45, 2.75) is 19.8 Å². The first-order chi connectivity index (χ1) is 9.40. The number of aryl methyl sites for hydroxylation is 1. The van der Waals surface area contributed by atoms with Gasteiger partial charge in [-0.1, -0.05) is 0 Å². The van der Waals surface area contributed by atoms with Gasteiger partial charge in [-0.15, -0.1) is 0 Å². The molecule has 1 aliphatic rings. The average Bonchev–Trinajstić information content (AvgIpc) is 2.48. The fraction of sp³-hybridized carbons (Fsp3) is 0.429. The van der Waals surface area contributed by atoms with Gasteiger partial charge in [-0.3, -0.25) is 9.59 Å². The van der Waals surface area contributed by atoms with Gasteiger partial charge >= 0.3 is 5.97 Å². The lowest BCUT2D eigenvalue weighted by Gasteiger charge is -2.26. The lowest BCUT2D eigenvalue weighted by Crippen LogP contribution is -2.28. The van der Waals surface area contributed by atoms with E-state index in [4.69, 9.17) is 5.11 Å². The predicted octanol–water partition coefficient (Wildman–Crippen LogP) is 2.41. The van der Waals surface area contributed by atoms with Crippen LogP contribution < -0.4 is 9.80 Å². The number of hydrogen-bond acceptors (Lipinski definition) is 3. The second-order valence-electron chi connectivity index (χ2n) is 4.95. The lowest BCUT2D eigenvalue weighted by molar-refractivity contribution is -0.136. The van der Waals surface area contributed by atoms with E-state index < -0.39 is 5.97 Å². The minimum atomic E-state index is -0.835. The third-order valence-corrected chi connectivity index (χ3v) is 4.03. The second kappa shape index (κ2) is 5.83. The van der Waals surface area contributed by atoms with Crippen LogP contribution in [-0.2, 0) is 9.59 Å². The maximum absolute atomic E-state index is 12.1. The molecule has 108 valence electrons. The lowest BCUT2D eigenvalue weighted by atomic mass is 10.1. The van der Waals surface area contributed by atoms with Gasteiger partial charge in [0, 0.05) is 31.0 Å². The summed E-state index contributed by atoms with van der Waals surface area (Å²) in [6, 6.07) is 3.94. The predicted molar refractivity (Wildman–Crippen MR) is 81.4 cm³/mol. The zero-order valence-electron chi connectivity index (χ0n) is 11.5. The number of nitrogens with zero attached hydrogens (tertiary/aromatic N) is 2. The van der Waals surface area contributed by atoms with Crippen LogP contribution in [-0.4, -0.2) is 37.1 Å². The number of carboxylic acid groups (broad SMARTS) is 1. The van der Waals surface area contributed by atoms with E-state index in [-0.39, 0.29) is 12.3 Å². The van der Waals surface area contributed by atoms with Crippen LogP contribution in [0, 0.1) is 6.92 Å². The Balaban J connectivity index is 2.46. The van der Waals surface area contributed by atoms with Gasteiger partial charge in [-0.25, -0.2) is 0 Å². The summed E-state index contributed by atoms with van der Waals surface area (Å²) in [4.78, 5) is 26.5. The Kier molecular flexibility index (Phi) is 4.32. The fourth-order valence-corrected chi connectivity index (χ4v) is 3.20. The number of fused-ring (bicyclic) bond motifs is 1. The molecule has 1 heterocycles. The van der Waals surface area contributed by atoms with Crippen molar-refractivity contribution in [3.05, 3.63) is 22.2 Å². The summed E-state index contributed by atoms with van der Waals surface area (Å²) in [5.41, 5.74) is 2.77. The maximum Gasteiger partial charge on any atom is 0.305 e. The summed E-state index contributed by atoms with van der Waals surface area (Å²) in [7, 11) is 1.76. The molecule has 0 unspecified atom stereocenters. The van der Waals surface area contributed by atoms with Crippen molar-refractivity contribution in [3.8, 4) is 0 Å². The summed E-state index contributed by atoms with van der Waals surface area (Å²) >= 11 is 3.54. The highest BCUT2D eigenvalue weighted by Gasteiger charge is 2.26. The normalized spacial score (nSPS) is 15.1. The molecule has 1 N–H and O–H groups in total. The number of aliphatic carboxylic acids is 1. The monoisotopic (exact) mass is 340 g/mol. The Bertz CT molecular complexity index is 560. The van der Waals surface area contributed by atoms with E-state index in [0.717, 1.165) is 21.4 Å². The Morgan fingerprint density at radius 1 is 1.45 bits per heavy atom. The molecule has 6 heteroatoms. The first-order valence-electron chi connectivity index (χ1n) is 6.43. The molecule has 0 aliphatic carbocycles. The van der Waals surface area contributed by atoms with Gasteiger partial charge in [0.15, 0.2) is 0 Å². The third kappa shape index (κ3) is 2.95. The van der Waals surface area contributed by atoms with Crippen LogP contribution in [0.4, 0.5) is 11.4 Å². The molecular formula is C14H17BrN2O3. The van der Waals surface area contributed by atoms with Crippen molar-refractivity contribution in [3.63, 3.8) is 0 Å². The van der Waals surface area contributed by atoms with Crippen LogP contribution in [0.5, 0.6) is 0 Å². The van der Waals surface area contributed by atoms with Gasteiger partial charge in [-0.05, 0) is 40.5 Å². The van der Waals surface area contributed by atoms with Gasteiger partial charge in [0.1, 0.15) is 0 Å². The van der Waals surface area contributed by atoms with Crippen LogP contribution >= 0.6 is 15.9 Å². The van der Waals surface area contributed by atoms with Crippen LogP contribution in [0.25, 0.3) is 0 Å². The highest BCUT2D eigenvalue weighted by molar-refractivity contribution is 9.10. The minimum absolute atomic E-state index is 0.0431. The molecule has 1 amide bonds. The highest BCUT2D eigenvalue weighted by Crippen LogP contribution is 2.39. The van der Waals surface area contributed by atoms with Gasteiger partial charge in [0.05, 0.1) is 17.8 Å². The van der Waals surface area contributed by atoms with Crippen molar-refractivity contribution < 1.29 is 14.7 Å². The quantitative estimate of drug-likeness (QED) is 0.917. The molecule has 0 saturated carbocycles. The molecule has 5 nitrogen and oxygen atoms in total. The first-order valence-corrected chi connectivity index (χ1v) is 7.23. The molecule has 0 aromatic heterocycles. The number of rotatable bonds is 3. The van der Waals surface area contributed by atoms with E-state index in [2.05, 4.69) is 15.9 Å². The molecule has 1 aromatic rings. The molecule has 1 aromatic carbocycles. The van der Waals surface area contributed by atoms with Gasteiger partial charge in [0.2, 0.25) is 5.91 Å². The highest BCUT2D eigenvalue weighted by atomic mass is 79.9. The van der Waals surface area contributed by atoms with E-state index in [0.29, 0.717) is 19.5 Å². The topological polar surface area (TPSA) is 60.9 Å². The SMILES string of the molecule is Cc1cc(Br)c2c(c1)N(C)C(=O)CCN2CCC(=O)O. The molecule has 0 bridgehead atoms. The van der Waals surface area contributed by atoms with Crippen molar-refractivity contribution in [1.82, 2.24) is 0 Å². The molecular weight excluding hydrogens is 324 g/mol. The van der Waals surface area contributed by atoms with Gasteiger partial charge in [0.25, 0.3) is 0 Å². The van der Waals surface area contributed by atoms with E-state index in [1.165, 1.54) is 0 Å². The number of hydrogen-bond donors (Lipinski definition) is 1. The molecule has 2 rings (SSSR count). The second-order valence-corrected chi connectivity index (χ2v) is 5.80. The van der Waals surface area contributed by atoms with Crippen LogP contribution in [0.3, 0.4) is 0 Å². The Morgan fingerprint density at radius 3 is 2.80 bits per heavy atom. The molecule has 0 atom stereocenters. The molecule has 0 radical (unpaired) electrons. The third-order valence-electron chi connectivity index (χ3n) is 3.43. The number of benzene rings is 1. The van der Waals surface area contributed by atoms with Crippen LogP contribution in [0.1, 0.15) is 18.4 Å². The minimum Gasteiger partial charge on any atom is -0.481 e. The van der Waals surface area contributed by atoms with Crippen molar-refractivity contribution in [2.24, 2.45) is 0 Å². The molecule has 0 fully saturated rings. The largest absolute Gasteiger partial charge is 0.481 e. The number of carboxylic acids is 1. The zero-order chi connectivity index (χ0) is 14.9. The molecule has 0 spiro atoms. The average molecular weight is 341 g/mol.